The molecule has 0 aliphatic carbocycles. The SMILES string of the molecule is O=C(Cc1c(-c2ccccc2)nn(Cc2ccc(Cl)c(O)c2F)c1-c1ccccc1)NO. The van der Waals surface area contributed by atoms with Crippen molar-refractivity contribution in [3.8, 4) is 28.3 Å². The van der Waals surface area contributed by atoms with Crippen LogP contribution in [-0.2, 0) is 17.8 Å². The second kappa shape index (κ2) is 9.21. The third-order valence-corrected chi connectivity index (χ3v) is 5.38. The number of nitrogens with zero attached hydrogens (tertiary/aromatic N) is 2. The van der Waals surface area contributed by atoms with E-state index in [9.17, 15) is 14.3 Å². The van der Waals surface area contributed by atoms with Gasteiger partial charge in [-0.05, 0) is 6.07 Å². The summed E-state index contributed by atoms with van der Waals surface area (Å²) in [5, 5.41) is 23.7. The molecule has 162 valence electrons. The van der Waals surface area contributed by atoms with Crippen LogP contribution in [0.15, 0.2) is 72.8 Å². The topological polar surface area (TPSA) is 87.4 Å². The highest BCUT2D eigenvalue weighted by Gasteiger charge is 2.24. The van der Waals surface area contributed by atoms with Crippen molar-refractivity contribution in [2.75, 3.05) is 0 Å². The molecule has 0 saturated heterocycles. The average Bonchev–Trinajstić information content (AvgIpc) is 3.18. The number of amides is 1. The van der Waals surface area contributed by atoms with Gasteiger partial charge in [-0.15, -0.1) is 0 Å². The minimum absolute atomic E-state index is 0.0125. The zero-order chi connectivity index (χ0) is 22.7. The third kappa shape index (κ3) is 4.21. The van der Waals surface area contributed by atoms with Gasteiger partial charge in [-0.1, -0.05) is 78.3 Å². The molecule has 0 fully saturated rings. The van der Waals surface area contributed by atoms with Crippen molar-refractivity contribution in [3.63, 3.8) is 0 Å². The van der Waals surface area contributed by atoms with E-state index < -0.39 is 17.5 Å². The maximum Gasteiger partial charge on any atom is 0.247 e. The standard InChI is InChI=1S/C24H19ClFN3O3/c25-19-12-11-17(21(26)24(19)31)14-29-23(16-9-5-2-6-10-16)18(13-20(30)28-32)22(27-29)15-7-3-1-4-8-15/h1-12,31-32H,13-14H2,(H,28,30). The zero-order valence-corrected chi connectivity index (χ0v) is 17.6. The Morgan fingerprint density at radius 3 is 2.25 bits per heavy atom. The second-order valence-electron chi connectivity index (χ2n) is 7.15. The number of phenols is 1. The lowest BCUT2D eigenvalue weighted by molar-refractivity contribution is -0.128. The summed E-state index contributed by atoms with van der Waals surface area (Å²) < 4.78 is 16.3. The zero-order valence-electron chi connectivity index (χ0n) is 16.8. The molecule has 1 amide bonds. The first-order chi connectivity index (χ1) is 15.5. The lowest BCUT2D eigenvalue weighted by atomic mass is 9.99. The van der Waals surface area contributed by atoms with Crippen LogP contribution in [0.2, 0.25) is 5.02 Å². The Hall–Kier alpha value is -3.68. The van der Waals surface area contributed by atoms with Gasteiger partial charge in [0.15, 0.2) is 11.6 Å². The highest BCUT2D eigenvalue weighted by molar-refractivity contribution is 6.32. The number of hydrogen-bond donors (Lipinski definition) is 3. The molecule has 0 bridgehead atoms. The lowest BCUT2D eigenvalue weighted by Crippen LogP contribution is -2.21. The second-order valence-corrected chi connectivity index (χ2v) is 7.55. The number of aromatic nitrogens is 2. The van der Waals surface area contributed by atoms with Crippen LogP contribution in [0.3, 0.4) is 0 Å². The van der Waals surface area contributed by atoms with Gasteiger partial charge in [-0.25, -0.2) is 9.87 Å². The molecular formula is C24H19ClFN3O3. The van der Waals surface area contributed by atoms with E-state index in [1.54, 1.807) is 10.2 Å². The van der Waals surface area contributed by atoms with Crippen molar-refractivity contribution >= 4 is 17.5 Å². The Bertz CT molecular complexity index is 1260. The van der Waals surface area contributed by atoms with Crippen molar-refractivity contribution in [3.05, 3.63) is 94.8 Å². The normalized spacial score (nSPS) is 10.8. The largest absolute Gasteiger partial charge is 0.504 e. The average molecular weight is 452 g/mol. The Labute approximate surface area is 188 Å². The quantitative estimate of drug-likeness (QED) is 0.290. The molecule has 0 aliphatic heterocycles. The van der Waals surface area contributed by atoms with Crippen LogP contribution in [0.4, 0.5) is 4.39 Å². The number of carbonyl (C=O) groups is 1. The van der Waals surface area contributed by atoms with Gasteiger partial charge in [0.05, 0.1) is 29.4 Å². The third-order valence-electron chi connectivity index (χ3n) is 5.07. The minimum Gasteiger partial charge on any atom is -0.504 e. The Balaban J connectivity index is 1.94. The van der Waals surface area contributed by atoms with Crippen molar-refractivity contribution in [1.29, 1.82) is 0 Å². The maximum atomic E-state index is 14.7. The molecule has 3 N–H and O–H groups in total. The van der Waals surface area contributed by atoms with Gasteiger partial charge in [-0.3, -0.25) is 14.7 Å². The molecule has 8 heteroatoms. The molecule has 32 heavy (non-hydrogen) atoms. The van der Waals surface area contributed by atoms with Crippen molar-refractivity contribution in [2.45, 2.75) is 13.0 Å². The van der Waals surface area contributed by atoms with Crippen LogP contribution in [0.5, 0.6) is 5.75 Å². The van der Waals surface area contributed by atoms with Gasteiger partial charge in [0, 0.05) is 22.3 Å². The summed E-state index contributed by atoms with van der Waals surface area (Å²) in [5.74, 6) is -2.06. The van der Waals surface area contributed by atoms with Crippen LogP contribution in [0, 0.1) is 5.82 Å². The highest BCUT2D eigenvalue weighted by atomic mass is 35.5. The number of benzene rings is 3. The van der Waals surface area contributed by atoms with E-state index in [0.717, 1.165) is 11.1 Å². The summed E-state index contributed by atoms with van der Waals surface area (Å²) >= 11 is 5.82. The highest BCUT2D eigenvalue weighted by Crippen LogP contribution is 2.35. The number of carbonyl (C=O) groups excluding carboxylic acids is 1. The van der Waals surface area contributed by atoms with E-state index >= 15 is 0 Å². The van der Waals surface area contributed by atoms with E-state index in [2.05, 4.69) is 0 Å². The van der Waals surface area contributed by atoms with Gasteiger partial charge >= 0.3 is 0 Å². The molecule has 4 aromatic rings. The van der Waals surface area contributed by atoms with Crippen molar-refractivity contribution < 1.29 is 19.5 Å². The predicted molar refractivity (Wildman–Crippen MR) is 119 cm³/mol. The van der Waals surface area contributed by atoms with Crippen LogP contribution in [0.1, 0.15) is 11.1 Å². The van der Waals surface area contributed by atoms with Crippen LogP contribution in [0.25, 0.3) is 22.5 Å². The Morgan fingerprint density at radius 1 is 1.00 bits per heavy atom. The lowest BCUT2D eigenvalue weighted by Gasteiger charge is -2.12. The van der Waals surface area contributed by atoms with Gasteiger partial charge in [0.1, 0.15) is 0 Å². The molecule has 3 aromatic carbocycles. The van der Waals surface area contributed by atoms with Gasteiger partial charge in [0.25, 0.3) is 0 Å². The van der Waals surface area contributed by atoms with E-state index in [1.807, 2.05) is 60.7 Å². The van der Waals surface area contributed by atoms with Crippen LogP contribution in [-0.4, -0.2) is 26.0 Å². The molecule has 0 saturated carbocycles. The van der Waals surface area contributed by atoms with Crippen LogP contribution >= 0.6 is 11.6 Å². The van der Waals surface area contributed by atoms with E-state index in [-0.39, 0.29) is 23.6 Å². The van der Waals surface area contributed by atoms with Gasteiger partial charge < -0.3 is 5.11 Å². The van der Waals surface area contributed by atoms with E-state index in [0.29, 0.717) is 17.0 Å². The fraction of sp³-hybridized carbons (Fsp3) is 0.0833. The number of halogens is 2. The molecule has 0 radical (unpaired) electrons. The number of hydrogen-bond acceptors (Lipinski definition) is 4. The summed E-state index contributed by atoms with van der Waals surface area (Å²) in [7, 11) is 0. The number of phenolic OH excluding ortho intramolecular Hbond substituents is 1. The summed E-state index contributed by atoms with van der Waals surface area (Å²) in [6, 6.07) is 21.5. The summed E-state index contributed by atoms with van der Waals surface area (Å²) in [4.78, 5) is 12.1. The maximum absolute atomic E-state index is 14.7. The summed E-state index contributed by atoms with van der Waals surface area (Å²) in [6.45, 7) is -0.0125. The van der Waals surface area contributed by atoms with E-state index in [1.165, 1.54) is 12.1 Å². The monoisotopic (exact) mass is 451 g/mol. The Kier molecular flexibility index (Phi) is 6.20. The molecule has 0 spiro atoms. The molecule has 4 rings (SSSR count). The number of rotatable bonds is 6. The fourth-order valence-corrected chi connectivity index (χ4v) is 3.74. The van der Waals surface area contributed by atoms with Gasteiger partial charge in [0.2, 0.25) is 5.91 Å². The Morgan fingerprint density at radius 2 is 1.62 bits per heavy atom. The number of aromatic hydroxyl groups is 1. The molecule has 0 unspecified atom stereocenters. The van der Waals surface area contributed by atoms with Gasteiger partial charge in [-0.2, -0.15) is 5.10 Å². The number of nitrogens with one attached hydrogen (secondary N) is 1. The molecule has 0 atom stereocenters. The number of hydroxylamine groups is 1. The predicted octanol–water partition coefficient (Wildman–Crippen LogP) is 4.81. The summed E-state index contributed by atoms with van der Waals surface area (Å²) in [6.07, 6.45) is -0.140. The van der Waals surface area contributed by atoms with E-state index in [4.69, 9.17) is 21.9 Å². The minimum atomic E-state index is -0.831. The first-order valence-corrected chi connectivity index (χ1v) is 10.2. The molecule has 1 aromatic heterocycles. The smallest absolute Gasteiger partial charge is 0.247 e. The first kappa shape index (κ1) is 21.5. The molecule has 1 heterocycles. The first-order valence-electron chi connectivity index (χ1n) is 9.79. The molecular weight excluding hydrogens is 433 g/mol. The van der Waals surface area contributed by atoms with Crippen molar-refractivity contribution in [2.24, 2.45) is 0 Å². The van der Waals surface area contributed by atoms with Crippen LogP contribution < -0.4 is 5.48 Å². The molecule has 0 aliphatic rings. The fourth-order valence-electron chi connectivity index (χ4n) is 3.59. The van der Waals surface area contributed by atoms with Crippen molar-refractivity contribution in [1.82, 2.24) is 15.3 Å². The molecule has 6 nitrogen and oxygen atoms in total. The summed E-state index contributed by atoms with van der Waals surface area (Å²) in [5.41, 5.74) is 5.10.